The summed E-state index contributed by atoms with van der Waals surface area (Å²) < 4.78 is 0. The van der Waals surface area contributed by atoms with Crippen molar-refractivity contribution in [3.63, 3.8) is 0 Å². The quantitative estimate of drug-likeness (QED) is 0.777. The highest BCUT2D eigenvalue weighted by atomic mass is 35.5. The van der Waals surface area contributed by atoms with E-state index in [1.165, 1.54) is 19.3 Å². The van der Waals surface area contributed by atoms with Gasteiger partial charge >= 0.3 is 0 Å². The minimum Gasteiger partial charge on any atom is -0.296 e. The zero-order chi connectivity index (χ0) is 12.4. The third-order valence-corrected chi connectivity index (χ3v) is 3.70. The maximum atomic E-state index is 6.21. The van der Waals surface area contributed by atoms with Crippen molar-refractivity contribution in [3.05, 3.63) is 35.2 Å². The monoisotopic (exact) mass is 261 g/mol. The van der Waals surface area contributed by atoms with Gasteiger partial charge in [-0.25, -0.2) is 9.97 Å². The van der Waals surface area contributed by atoms with E-state index in [-0.39, 0.29) is 0 Å². The van der Waals surface area contributed by atoms with E-state index in [1.54, 1.807) is 0 Å². The van der Waals surface area contributed by atoms with E-state index < -0.39 is 0 Å². The summed E-state index contributed by atoms with van der Waals surface area (Å²) >= 11 is 6.21. The fourth-order valence-corrected chi connectivity index (χ4v) is 2.73. The van der Waals surface area contributed by atoms with Gasteiger partial charge in [-0.15, -0.1) is 0 Å². The van der Waals surface area contributed by atoms with E-state index in [1.807, 2.05) is 24.3 Å². The fourth-order valence-electron chi connectivity index (χ4n) is 2.47. The number of rotatable bonds is 2. The molecule has 1 aliphatic rings. The normalized spacial score (nSPS) is 17.2. The zero-order valence-electron chi connectivity index (χ0n) is 10.3. The summed E-state index contributed by atoms with van der Waals surface area (Å²) in [6.07, 6.45) is 3.90. The molecule has 0 unspecified atom stereocenters. The van der Waals surface area contributed by atoms with Crippen molar-refractivity contribution < 1.29 is 0 Å². The van der Waals surface area contributed by atoms with Crippen molar-refractivity contribution in [1.29, 1.82) is 0 Å². The molecule has 1 aromatic heterocycles. The fraction of sp³-hybridized carbons (Fsp3) is 0.429. The predicted molar refractivity (Wildman–Crippen MR) is 73.7 cm³/mol. The first-order valence-corrected chi connectivity index (χ1v) is 6.84. The molecule has 2 aromatic rings. The molecule has 0 aliphatic carbocycles. The second kappa shape index (κ2) is 5.21. The standard InChI is InChI=1S/C14H16ClN3/c15-14-11-6-2-3-7-12(11)16-13(17-14)10-18-8-4-1-5-9-18/h2-3,6-7H,1,4-5,8-10H2. The molecule has 0 N–H and O–H groups in total. The SMILES string of the molecule is Clc1nc(CN2CCCCC2)nc2ccccc12. The van der Waals surface area contributed by atoms with Crippen LogP contribution in [0.2, 0.25) is 5.15 Å². The minimum absolute atomic E-state index is 0.563. The molecular formula is C14H16ClN3. The lowest BCUT2D eigenvalue weighted by Crippen LogP contribution is -2.29. The van der Waals surface area contributed by atoms with Gasteiger partial charge in [-0.1, -0.05) is 30.2 Å². The van der Waals surface area contributed by atoms with Crippen molar-refractivity contribution >= 4 is 22.5 Å². The Morgan fingerprint density at radius 1 is 1.06 bits per heavy atom. The number of nitrogens with zero attached hydrogens (tertiary/aromatic N) is 3. The molecule has 18 heavy (non-hydrogen) atoms. The highest BCUT2D eigenvalue weighted by molar-refractivity contribution is 6.34. The van der Waals surface area contributed by atoms with E-state index in [9.17, 15) is 0 Å². The lowest BCUT2D eigenvalue weighted by atomic mass is 10.1. The summed E-state index contributed by atoms with van der Waals surface area (Å²) in [5.41, 5.74) is 0.935. The number of piperidine rings is 1. The van der Waals surface area contributed by atoms with Crippen molar-refractivity contribution in [1.82, 2.24) is 14.9 Å². The molecule has 1 aromatic carbocycles. The Bertz CT molecular complexity index is 550. The van der Waals surface area contributed by atoms with E-state index in [0.29, 0.717) is 5.15 Å². The molecule has 1 aliphatic heterocycles. The van der Waals surface area contributed by atoms with Crippen LogP contribution in [-0.4, -0.2) is 28.0 Å². The van der Waals surface area contributed by atoms with E-state index in [2.05, 4.69) is 14.9 Å². The van der Waals surface area contributed by atoms with Gasteiger partial charge in [-0.3, -0.25) is 4.90 Å². The highest BCUT2D eigenvalue weighted by Gasteiger charge is 2.13. The first kappa shape index (κ1) is 11.9. The number of likely N-dealkylation sites (tertiary alicyclic amines) is 1. The largest absolute Gasteiger partial charge is 0.296 e. The van der Waals surface area contributed by atoms with Crippen LogP contribution >= 0.6 is 11.6 Å². The molecule has 2 heterocycles. The van der Waals surface area contributed by atoms with Gasteiger partial charge in [0.25, 0.3) is 0 Å². The number of hydrogen-bond donors (Lipinski definition) is 0. The van der Waals surface area contributed by atoms with Crippen LogP contribution in [0.15, 0.2) is 24.3 Å². The predicted octanol–water partition coefficient (Wildman–Crippen LogP) is 3.27. The Kier molecular flexibility index (Phi) is 3.43. The molecule has 0 radical (unpaired) electrons. The number of halogens is 1. The summed E-state index contributed by atoms with van der Waals surface area (Å²) in [6.45, 7) is 3.10. The van der Waals surface area contributed by atoms with Gasteiger partial charge in [0.05, 0.1) is 12.1 Å². The van der Waals surface area contributed by atoms with Gasteiger partial charge in [0.15, 0.2) is 0 Å². The average molecular weight is 262 g/mol. The van der Waals surface area contributed by atoms with Gasteiger partial charge in [-0.2, -0.15) is 0 Å². The van der Waals surface area contributed by atoms with E-state index in [4.69, 9.17) is 11.6 Å². The van der Waals surface area contributed by atoms with E-state index in [0.717, 1.165) is 36.4 Å². The molecule has 0 amide bonds. The smallest absolute Gasteiger partial charge is 0.144 e. The van der Waals surface area contributed by atoms with Crippen LogP contribution in [0, 0.1) is 0 Å². The molecule has 94 valence electrons. The minimum atomic E-state index is 0.563. The Hall–Kier alpha value is -1.19. The molecule has 1 fully saturated rings. The highest BCUT2D eigenvalue weighted by Crippen LogP contribution is 2.20. The molecule has 3 nitrogen and oxygen atoms in total. The summed E-state index contributed by atoms with van der Waals surface area (Å²) in [5.74, 6) is 0.834. The molecule has 0 atom stereocenters. The van der Waals surface area contributed by atoms with Crippen molar-refractivity contribution in [3.8, 4) is 0 Å². The number of fused-ring (bicyclic) bond motifs is 1. The molecule has 0 bridgehead atoms. The third-order valence-electron chi connectivity index (χ3n) is 3.42. The van der Waals surface area contributed by atoms with Crippen molar-refractivity contribution in [2.24, 2.45) is 0 Å². The molecule has 4 heteroatoms. The van der Waals surface area contributed by atoms with Crippen LogP contribution in [0.25, 0.3) is 10.9 Å². The van der Waals surface area contributed by atoms with Crippen molar-refractivity contribution in [2.45, 2.75) is 25.8 Å². The van der Waals surface area contributed by atoms with Crippen molar-refractivity contribution in [2.75, 3.05) is 13.1 Å². The summed E-state index contributed by atoms with van der Waals surface area (Å²) in [6, 6.07) is 7.89. The van der Waals surface area contributed by atoms with Gasteiger partial charge in [0.1, 0.15) is 11.0 Å². The zero-order valence-corrected chi connectivity index (χ0v) is 11.0. The summed E-state index contributed by atoms with van der Waals surface area (Å²) in [7, 11) is 0. The Morgan fingerprint density at radius 3 is 2.67 bits per heavy atom. The average Bonchev–Trinajstić information content (AvgIpc) is 2.40. The molecule has 0 saturated carbocycles. The van der Waals surface area contributed by atoms with Crippen LogP contribution in [0.3, 0.4) is 0 Å². The third kappa shape index (κ3) is 2.47. The van der Waals surface area contributed by atoms with Gasteiger partial charge in [-0.05, 0) is 38.1 Å². The first-order chi connectivity index (χ1) is 8.83. The van der Waals surface area contributed by atoms with Crippen LogP contribution in [-0.2, 0) is 6.54 Å². The maximum Gasteiger partial charge on any atom is 0.144 e. The molecule has 1 saturated heterocycles. The second-order valence-electron chi connectivity index (χ2n) is 4.78. The maximum absolute atomic E-state index is 6.21. The van der Waals surface area contributed by atoms with E-state index >= 15 is 0 Å². The van der Waals surface area contributed by atoms with Gasteiger partial charge in [0.2, 0.25) is 0 Å². The summed E-state index contributed by atoms with van der Waals surface area (Å²) in [5, 5.41) is 1.49. The Balaban J connectivity index is 1.87. The topological polar surface area (TPSA) is 29.0 Å². The lowest BCUT2D eigenvalue weighted by Gasteiger charge is -2.25. The molecule has 0 spiro atoms. The van der Waals surface area contributed by atoms with Crippen LogP contribution in [0.4, 0.5) is 0 Å². The summed E-state index contributed by atoms with van der Waals surface area (Å²) in [4.78, 5) is 11.4. The van der Waals surface area contributed by atoms with Crippen LogP contribution in [0.5, 0.6) is 0 Å². The second-order valence-corrected chi connectivity index (χ2v) is 5.14. The first-order valence-electron chi connectivity index (χ1n) is 6.46. The number of hydrogen-bond acceptors (Lipinski definition) is 3. The van der Waals surface area contributed by atoms with Gasteiger partial charge in [0, 0.05) is 5.39 Å². The molecular weight excluding hydrogens is 246 g/mol. The molecule has 3 rings (SSSR count). The lowest BCUT2D eigenvalue weighted by molar-refractivity contribution is 0.216. The van der Waals surface area contributed by atoms with Gasteiger partial charge < -0.3 is 0 Å². The number of para-hydroxylation sites is 1. The van der Waals surface area contributed by atoms with Crippen LogP contribution in [0.1, 0.15) is 25.1 Å². The number of benzene rings is 1. The Morgan fingerprint density at radius 2 is 1.83 bits per heavy atom. The van der Waals surface area contributed by atoms with Crippen LogP contribution < -0.4 is 0 Å². The number of aromatic nitrogens is 2. The Labute approximate surface area is 112 Å².